The van der Waals surface area contributed by atoms with E-state index in [1.54, 1.807) is 6.33 Å². The van der Waals surface area contributed by atoms with Crippen LogP contribution in [0.3, 0.4) is 0 Å². The number of hydrogen-bond acceptors (Lipinski definition) is 5. The van der Waals surface area contributed by atoms with Crippen LogP contribution in [0.1, 0.15) is 42.9 Å². The van der Waals surface area contributed by atoms with E-state index >= 15 is 0 Å². The maximum absolute atomic E-state index is 5.93. The summed E-state index contributed by atoms with van der Waals surface area (Å²) >= 11 is 0. The van der Waals surface area contributed by atoms with Gasteiger partial charge in [-0.25, -0.2) is 9.97 Å². The Labute approximate surface area is 156 Å². The summed E-state index contributed by atoms with van der Waals surface area (Å²) in [4.78, 5) is 13.9. The van der Waals surface area contributed by atoms with Crippen LogP contribution in [0.25, 0.3) is 0 Å². The van der Waals surface area contributed by atoms with E-state index in [0.29, 0.717) is 18.0 Å². The number of hydrogen-bond donors (Lipinski definition) is 1. The molecule has 0 radical (unpaired) electrons. The number of nitrogens with two attached hydrogens (primary N) is 1. The predicted octanol–water partition coefficient (Wildman–Crippen LogP) is 2.78. The molecule has 2 N–H and O–H groups in total. The number of rotatable bonds is 5. The Bertz CT molecular complexity index is 705. The first kappa shape index (κ1) is 17.4. The molecule has 2 fully saturated rings. The van der Waals surface area contributed by atoms with Crippen molar-refractivity contribution in [1.82, 2.24) is 14.9 Å². The van der Waals surface area contributed by atoms with E-state index in [2.05, 4.69) is 63.2 Å². The minimum atomic E-state index is 0.356. The van der Waals surface area contributed by atoms with Gasteiger partial charge >= 0.3 is 0 Å². The van der Waals surface area contributed by atoms with E-state index in [1.165, 1.54) is 24.1 Å². The standard InChI is InChI=1S/C21H29N5/c1-25(14-16-5-3-2-4-6-16)19-7-9-26(10-8-19)21-13-20(23-15-24-21)17-11-18(22)12-17/h2-6,13,15,17-19H,7-12,14,22H2,1H3. The van der Waals surface area contributed by atoms with Crippen molar-refractivity contribution in [1.29, 1.82) is 0 Å². The van der Waals surface area contributed by atoms with E-state index in [4.69, 9.17) is 5.73 Å². The van der Waals surface area contributed by atoms with Crippen LogP contribution in [-0.4, -0.2) is 47.1 Å². The molecule has 1 aromatic carbocycles. The number of piperidine rings is 1. The Hall–Kier alpha value is -1.98. The van der Waals surface area contributed by atoms with Gasteiger partial charge in [0.05, 0.1) is 0 Å². The zero-order valence-corrected chi connectivity index (χ0v) is 15.6. The van der Waals surface area contributed by atoms with E-state index in [0.717, 1.165) is 38.3 Å². The topological polar surface area (TPSA) is 58.3 Å². The second kappa shape index (κ2) is 7.72. The van der Waals surface area contributed by atoms with Gasteiger partial charge in [0.25, 0.3) is 0 Å². The van der Waals surface area contributed by atoms with Crippen LogP contribution in [0, 0.1) is 0 Å². The number of aromatic nitrogens is 2. The molecular weight excluding hydrogens is 322 g/mol. The summed E-state index contributed by atoms with van der Waals surface area (Å²) < 4.78 is 0. The van der Waals surface area contributed by atoms with Gasteiger partial charge in [-0.1, -0.05) is 30.3 Å². The van der Waals surface area contributed by atoms with Crippen molar-refractivity contribution in [3.63, 3.8) is 0 Å². The van der Waals surface area contributed by atoms with Crippen molar-refractivity contribution in [2.45, 2.75) is 50.2 Å². The normalized spacial score (nSPS) is 23.9. The minimum Gasteiger partial charge on any atom is -0.356 e. The van der Waals surface area contributed by atoms with Gasteiger partial charge in [-0.3, -0.25) is 4.90 Å². The molecule has 4 rings (SSSR count). The van der Waals surface area contributed by atoms with Crippen molar-refractivity contribution in [3.05, 3.63) is 54.0 Å². The molecule has 1 aliphatic heterocycles. The van der Waals surface area contributed by atoms with Crippen LogP contribution in [0.5, 0.6) is 0 Å². The summed E-state index contributed by atoms with van der Waals surface area (Å²) in [6.07, 6.45) is 6.20. The zero-order valence-electron chi connectivity index (χ0n) is 15.6. The Kier molecular flexibility index (Phi) is 5.18. The molecule has 1 aliphatic carbocycles. The van der Waals surface area contributed by atoms with Crippen LogP contribution < -0.4 is 10.6 Å². The lowest BCUT2D eigenvalue weighted by molar-refractivity contribution is 0.200. The Morgan fingerprint density at radius 1 is 1.12 bits per heavy atom. The maximum atomic E-state index is 5.93. The molecule has 138 valence electrons. The molecular formula is C21H29N5. The first-order valence-corrected chi connectivity index (χ1v) is 9.75. The van der Waals surface area contributed by atoms with E-state index < -0.39 is 0 Å². The molecule has 2 aromatic rings. The molecule has 2 heterocycles. The Balaban J connectivity index is 1.33. The molecule has 0 atom stereocenters. The molecule has 26 heavy (non-hydrogen) atoms. The van der Waals surface area contributed by atoms with Gasteiger partial charge in [-0.05, 0) is 38.3 Å². The third-order valence-electron chi connectivity index (χ3n) is 5.95. The highest BCUT2D eigenvalue weighted by Gasteiger charge is 2.29. The summed E-state index contributed by atoms with van der Waals surface area (Å²) in [7, 11) is 2.25. The van der Waals surface area contributed by atoms with Crippen molar-refractivity contribution in [2.75, 3.05) is 25.0 Å². The largest absolute Gasteiger partial charge is 0.356 e. The van der Waals surface area contributed by atoms with Crippen LogP contribution in [0.15, 0.2) is 42.7 Å². The highest BCUT2D eigenvalue weighted by Crippen LogP contribution is 2.35. The smallest absolute Gasteiger partial charge is 0.132 e. The highest BCUT2D eigenvalue weighted by atomic mass is 15.2. The van der Waals surface area contributed by atoms with E-state index in [-0.39, 0.29) is 0 Å². The molecule has 5 nitrogen and oxygen atoms in total. The average Bonchev–Trinajstić information content (AvgIpc) is 2.66. The molecule has 0 amide bonds. The second-order valence-corrected chi connectivity index (χ2v) is 7.85. The fourth-order valence-electron chi connectivity index (χ4n) is 4.20. The lowest BCUT2D eigenvalue weighted by atomic mass is 9.78. The molecule has 5 heteroatoms. The van der Waals surface area contributed by atoms with Crippen molar-refractivity contribution in [2.24, 2.45) is 5.73 Å². The molecule has 1 saturated heterocycles. The van der Waals surface area contributed by atoms with Gasteiger partial charge < -0.3 is 10.6 Å². The lowest BCUT2D eigenvalue weighted by Gasteiger charge is -2.38. The van der Waals surface area contributed by atoms with Crippen molar-refractivity contribution in [3.8, 4) is 0 Å². The highest BCUT2D eigenvalue weighted by molar-refractivity contribution is 5.40. The zero-order chi connectivity index (χ0) is 17.9. The molecule has 0 unspecified atom stereocenters. The van der Waals surface area contributed by atoms with Crippen LogP contribution in [0.2, 0.25) is 0 Å². The maximum Gasteiger partial charge on any atom is 0.132 e. The molecule has 0 spiro atoms. The monoisotopic (exact) mass is 351 g/mol. The van der Waals surface area contributed by atoms with Gasteiger partial charge in [-0.15, -0.1) is 0 Å². The van der Waals surface area contributed by atoms with Gasteiger partial charge in [0, 0.05) is 49.4 Å². The van der Waals surface area contributed by atoms with Crippen molar-refractivity contribution >= 4 is 5.82 Å². The van der Waals surface area contributed by atoms with E-state index in [1.807, 2.05) is 0 Å². The minimum absolute atomic E-state index is 0.356. The van der Waals surface area contributed by atoms with Gasteiger partial charge in [-0.2, -0.15) is 0 Å². The first-order chi connectivity index (χ1) is 12.7. The van der Waals surface area contributed by atoms with Crippen LogP contribution in [-0.2, 0) is 6.54 Å². The number of benzene rings is 1. The van der Waals surface area contributed by atoms with Crippen molar-refractivity contribution < 1.29 is 0 Å². The molecule has 1 saturated carbocycles. The van der Waals surface area contributed by atoms with Crippen LogP contribution in [0.4, 0.5) is 5.82 Å². The fourth-order valence-corrected chi connectivity index (χ4v) is 4.20. The molecule has 0 bridgehead atoms. The van der Waals surface area contributed by atoms with Crippen LogP contribution >= 0.6 is 0 Å². The van der Waals surface area contributed by atoms with Gasteiger partial charge in [0.1, 0.15) is 12.1 Å². The second-order valence-electron chi connectivity index (χ2n) is 7.85. The average molecular weight is 351 g/mol. The number of anilines is 1. The summed E-state index contributed by atoms with van der Waals surface area (Å²) in [6, 6.07) is 13.9. The Morgan fingerprint density at radius 2 is 1.85 bits per heavy atom. The molecule has 1 aromatic heterocycles. The third kappa shape index (κ3) is 3.89. The SMILES string of the molecule is CN(Cc1ccccc1)C1CCN(c2cc(C3CC(N)C3)ncn2)CC1. The van der Waals surface area contributed by atoms with Gasteiger partial charge in [0.15, 0.2) is 0 Å². The van der Waals surface area contributed by atoms with E-state index in [9.17, 15) is 0 Å². The fraction of sp³-hybridized carbons (Fsp3) is 0.524. The lowest BCUT2D eigenvalue weighted by Crippen LogP contribution is -2.43. The number of nitrogens with zero attached hydrogens (tertiary/aromatic N) is 4. The van der Waals surface area contributed by atoms with Gasteiger partial charge in [0.2, 0.25) is 0 Å². The third-order valence-corrected chi connectivity index (χ3v) is 5.95. The first-order valence-electron chi connectivity index (χ1n) is 9.75. The molecule has 2 aliphatic rings. The Morgan fingerprint density at radius 3 is 2.54 bits per heavy atom. The summed E-state index contributed by atoms with van der Waals surface area (Å²) in [5.41, 5.74) is 8.48. The summed E-state index contributed by atoms with van der Waals surface area (Å²) in [6.45, 7) is 3.14. The predicted molar refractivity (Wildman–Crippen MR) is 105 cm³/mol. The summed E-state index contributed by atoms with van der Waals surface area (Å²) in [5, 5.41) is 0. The quantitative estimate of drug-likeness (QED) is 0.898. The summed E-state index contributed by atoms with van der Waals surface area (Å²) in [5.74, 6) is 1.61.